The van der Waals surface area contributed by atoms with Crippen LogP contribution in [0.4, 0.5) is 0 Å². The van der Waals surface area contributed by atoms with Crippen molar-refractivity contribution in [3.63, 3.8) is 0 Å². The van der Waals surface area contributed by atoms with Gasteiger partial charge in [0.25, 0.3) is 0 Å². The molecule has 0 amide bonds. The zero-order chi connectivity index (χ0) is 13.8. The van der Waals surface area contributed by atoms with E-state index >= 15 is 0 Å². The van der Waals surface area contributed by atoms with Gasteiger partial charge in [0, 0.05) is 18.6 Å². The van der Waals surface area contributed by atoms with Gasteiger partial charge in [0.1, 0.15) is 11.3 Å². The van der Waals surface area contributed by atoms with Crippen LogP contribution in [-0.4, -0.2) is 19.8 Å². The fourth-order valence-corrected chi connectivity index (χ4v) is 2.90. The molecule has 2 heterocycles. The van der Waals surface area contributed by atoms with E-state index in [0.29, 0.717) is 12.0 Å². The molecule has 2 aromatic rings. The summed E-state index contributed by atoms with van der Waals surface area (Å²) in [6.07, 6.45) is 3.41. The minimum absolute atomic E-state index is 0.300. The molecule has 1 saturated heterocycles. The lowest BCUT2D eigenvalue weighted by Gasteiger charge is -2.19. The summed E-state index contributed by atoms with van der Waals surface area (Å²) >= 11 is 0. The quantitative estimate of drug-likeness (QED) is 0.866. The molecule has 3 nitrogen and oxygen atoms in total. The highest BCUT2D eigenvalue weighted by molar-refractivity contribution is 5.77. The summed E-state index contributed by atoms with van der Waals surface area (Å²) in [5.41, 5.74) is 0.980. The third kappa shape index (κ3) is 3.05. The Morgan fingerprint density at radius 3 is 3.00 bits per heavy atom. The van der Waals surface area contributed by atoms with Crippen molar-refractivity contribution in [2.45, 2.75) is 32.2 Å². The van der Waals surface area contributed by atoms with Crippen molar-refractivity contribution in [3.05, 3.63) is 36.1 Å². The van der Waals surface area contributed by atoms with Crippen molar-refractivity contribution in [1.29, 1.82) is 0 Å². The summed E-state index contributed by atoms with van der Waals surface area (Å²) < 4.78 is 11.5. The van der Waals surface area contributed by atoms with E-state index in [-0.39, 0.29) is 0 Å². The van der Waals surface area contributed by atoms with Crippen LogP contribution in [0.25, 0.3) is 11.0 Å². The molecule has 3 rings (SSSR count). The number of para-hydroxylation sites is 1. The van der Waals surface area contributed by atoms with Gasteiger partial charge in [-0.05, 0) is 43.9 Å². The van der Waals surface area contributed by atoms with Crippen LogP contribution in [0.2, 0.25) is 0 Å². The van der Waals surface area contributed by atoms with E-state index in [0.717, 1.165) is 43.9 Å². The van der Waals surface area contributed by atoms with E-state index in [9.17, 15) is 0 Å². The molecule has 2 unspecified atom stereocenters. The first-order valence-corrected chi connectivity index (χ1v) is 7.66. The minimum Gasteiger partial charge on any atom is -0.459 e. The van der Waals surface area contributed by atoms with Crippen molar-refractivity contribution in [3.8, 4) is 0 Å². The summed E-state index contributed by atoms with van der Waals surface area (Å²) in [5, 5.41) is 4.81. The van der Waals surface area contributed by atoms with E-state index in [2.05, 4.69) is 30.4 Å². The molecule has 20 heavy (non-hydrogen) atoms. The van der Waals surface area contributed by atoms with Gasteiger partial charge in [0.2, 0.25) is 0 Å². The molecule has 0 saturated carbocycles. The number of nitrogens with one attached hydrogen (secondary N) is 1. The summed E-state index contributed by atoms with van der Waals surface area (Å²) in [5.74, 6) is 1.71. The van der Waals surface area contributed by atoms with E-state index in [1.807, 2.05) is 12.1 Å². The van der Waals surface area contributed by atoms with Gasteiger partial charge in [-0.1, -0.05) is 25.1 Å². The van der Waals surface area contributed by atoms with Crippen LogP contribution in [-0.2, 0) is 4.74 Å². The second-order valence-corrected chi connectivity index (χ2v) is 5.66. The van der Waals surface area contributed by atoms with Gasteiger partial charge in [0.05, 0.1) is 6.04 Å². The molecule has 0 radical (unpaired) electrons. The van der Waals surface area contributed by atoms with E-state index in [1.165, 1.54) is 11.8 Å². The fourth-order valence-electron chi connectivity index (χ4n) is 2.90. The molecule has 1 aromatic heterocycles. The zero-order valence-electron chi connectivity index (χ0n) is 12.1. The van der Waals surface area contributed by atoms with Crippen LogP contribution in [0, 0.1) is 5.92 Å². The second-order valence-electron chi connectivity index (χ2n) is 5.66. The molecule has 0 aliphatic carbocycles. The Morgan fingerprint density at radius 2 is 2.25 bits per heavy atom. The Morgan fingerprint density at radius 1 is 1.35 bits per heavy atom. The number of fused-ring (bicyclic) bond motifs is 1. The van der Waals surface area contributed by atoms with Crippen molar-refractivity contribution < 1.29 is 9.15 Å². The maximum absolute atomic E-state index is 6.03. The van der Waals surface area contributed by atoms with Crippen LogP contribution in [0.5, 0.6) is 0 Å². The summed E-state index contributed by atoms with van der Waals surface area (Å²) in [6.45, 7) is 5.02. The topological polar surface area (TPSA) is 34.4 Å². The predicted molar refractivity (Wildman–Crippen MR) is 80.8 cm³/mol. The first-order chi connectivity index (χ1) is 9.86. The van der Waals surface area contributed by atoms with Gasteiger partial charge < -0.3 is 14.5 Å². The van der Waals surface area contributed by atoms with Gasteiger partial charge in [-0.15, -0.1) is 0 Å². The average Bonchev–Trinajstić information content (AvgIpc) is 3.12. The first-order valence-electron chi connectivity index (χ1n) is 7.66. The van der Waals surface area contributed by atoms with E-state index < -0.39 is 0 Å². The maximum Gasteiger partial charge on any atom is 0.134 e. The molecular weight excluding hydrogens is 250 g/mol. The molecule has 0 spiro atoms. The maximum atomic E-state index is 6.03. The Balaban J connectivity index is 1.79. The Hall–Kier alpha value is -1.32. The lowest BCUT2D eigenvalue weighted by molar-refractivity contribution is 0.180. The molecular formula is C17H23NO2. The first kappa shape index (κ1) is 13.7. The highest BCUT2D eigenvalue weighted by Crippen LogP contribution is 2.30. The molecule has 1 aliphatic rings. The Kier molecular flexibility index (Phi) is 4.38. The summed E-state index contributed by atoms with van der Waals surface area (Å²) in [6, 6.07) is 10.7. The average molecular weight is 273 g/mol. The number of hydrogen-bond acceptors (Lipinski definition) is 3. The van der Waals surface area contributed by atoms with Crippen LogP contribution < -0.4 is 5.32 Å². The monoisotopic (exact) mass is 273 g/mol. The van der Waals surface area contributed by atoms with Crippen molar-refractivity contribution in [1.82, 2.24) is 5.32 Å². The van der Waals surface area contributed by atoms with Crippen molar-refractivity contribution >= 4 is 11.0 Å². The fraction of sp³-hybridized carbons (Fsp3) is 0.529. The molecule has 108 valence electrons. The third-order valence-corrected chi connectivity index (χ3v) is 4.02. The standard InChI is InChI=1S/C17H23NO2/c1-2-8-18-15(10-13-7-9-19-12-13)17-11-14-5-3-4-6-16(14)20-17/h3-6,11,13,15,18H,2,7-10,12H2,1H3. The van der Waals surface area contributed by atoms with Gasteiger partial charge in [0.15, 0.2) is 0 Å². The van der Waals surface area contributed by atoms with E-state index in [4.69, 9.17) is 9.15 Å². The second kappa shape index (κ2) is 6.42. The van der Waals surface area contributed by atoms with Gasteiger partial charge >= 0.3 is 0 Å². The van der Waals surface area contributed by atoms with Gasteiger partial charge in [-0.2, -0.15) is 0 Å². The molecule has 0 bridgehead atoms. The van der Waals surface area contributed by atoms with Crippen LogP contribution in [0.1, 0.15) is 38.0 Å². The molecule has 2 atom stereocenters. The lowest BCUT2D eigenvalue weighted by Crippen LogP contribution is -2.24. The largest absolute Gasteiger partial charge is 0.459 e. The van der Waals surface area contributed by atoms with E-state index in [1.54, 1.807) is 0 Å². The van der Waals surface area contributed by atoms with Crippen molar-refractivity contribution in [2.75, 3.05) is 19.8 Å². The SMILES string of the molecule is CCCNC(CC1CCOC1)c1cc2ccccc2o1. The molecule has 3 heteroatoms. The highest BCUT2D eigenvalue weighted by atomic mass is 16.5. The zero-order valence-corrected chi connectivity index (χ0v) is 12.1. The highest BCUT2D eigenvalue weighted by Gasteiger charge is 2.23. The lowest BCUT2D eigenvalue weighted by atomic mass is 9.97. The molecule has 1 N–H and O–H groups in total. The molecule has 1 aliphatic heterocycles. The Labute approximate surface area is 120 Å². The van der Waals surface area contributed by atoms with Crippen LogP contribution in [0.15, 0.2) is 34.7 Å². The number of rotatable bonds is 6. The Bertz CT molecular complexity index is 510. The summed E-state index contributed by atoms with van der Waals surface area (Å²) in [7, 11) is 0. The predicted octanol–water partition coefficient (Wildman–Crippen LogP) is 3.90. The number of furan rings is 1. The number of ether oxygens (including phenoxy) is 1. The van der Waals surface area contributed by atoms with Crippen molar-refractivity contribution in [2.24, 2.45) is 5.92 Å². The van der Waals surface area contributed by atoms with Gasteiger partial charge in [-0.25, -0.2) is 0 Å². The number of hydrogen-bond donors (Lipinski definition) is 1. The van der Waals surface area contributed by atoms with Crippen LogP contribution >= 0.6 is 0 Å². The normalized spacial score (nSPS) is 20.6. The minimum atomic E-state index is 0.300. The number of benzene rings is 1. The smallest absolute Gasteiger partial charge is 0.134 e. The molecule has 1 aromatic carbocycles. The van der Waals surface area contributed by atoms with Crippen LogP contribution in [0.3, 0.4) is 0 Å². The molecule has 1 fully saturated rings. The summed E-state index contributed by atoms with van der Waals surface area (Å²) in [4.78, 5) is 0. The van der Waals surface area contributed by atoms with Gasteiger partial charge in [-0.3, -0.25) is 0 Å². The third-order valence-electron chi connectivity index (χ3n) is 4.02.